The molecular weight excluding hydrogens is 693 g/mol. The lowest BCUT2D eigenvalue weighted by Crippen LogP contribution is -2.31. The van der Waals surface area contributed by atoms with Gasteiger partial charge in [0.1, 0.15) is 11.2 Å². The van der Waals surface area contributed by atoms with E-state index in [1.165, 1.54) is 61.3 Å². The zero-order chi connectivity index (χ0) is 38.5. The van der Waals surface area contributed by atoms with Crippen molar-refractivity contribution in [3.8, 4) is 22.3 Å². The number of hydrogen-bond acceptors (Lipinski definition) is 3. The van der Waals surface area contributed by atoms with E-state index in [-0.39, 0.29) is 10.8 Å². The number of nitrogens with zero attached hydrogens (tertiary/aromatic N) is 2. The van der Waals surface area contributed by atoms with E-state index >= 15 is 0 Å². The van der Waals surface area contributed by atoms with E-state index in [9.17, 15) is 0 Å². The molecule has 0 amide bonds. The van der Waals surface area contributed by atoms with Gasteiger partial charge in [0.05, 0.1) is 11.4 Å². The first-order valence-corrected chi connectivity index (χ1v) is 19.9. The molecule has 2 heterocycles. The predicted octanol–water partition coefficient (Wildman–Crippen LogP) is 15.1. The summed E-state index contributed by atoms with van der Waals surface area (Å²) < 4.78 is 6.51. The summed E-state index contributed by atoms with van der Waals surface area (Å²) in [6, 6.07) is 66.3. The van der Waals surface area contributed by atoms with Gasteiger partial charge in [-0.2, -0.15) is 0 Å². The largest absolute Gasteiger partial charge is 0.456 e. The molecule has 0 atom stereocenters. The van der Waals surface area contributed by atoms with Crippen LogP contribution >= 0.6 is 0 Å². The fraction of sp³-hybridized carbons (Fsp3) is 0.111. The molecule has 1 aromatic heterocycles. The monoisotopic (exact) mass is 734 g/mol. The van der Waals surface area contributed by atoms with Crippen LogP contribution in [-0.4, -0.2) is 0 Å². The van der Waals surface area contributed by atoms with Crippen LogP contribution in [0, 0.1) is 0 Å². The SMILES string of the molecule is CC1(C)c2ccccc2-c2ccc(N(c3ccc(-c4ccccc4)cc3)c3ccc4c(c3)C(C)(C)c3c(ccc5oc6ccccc6c35)N4c3ccccc3)cc21. The lowest BCUT2D eigenvalue weighted by molar-refractivity contribution is 0.634. The summed E-state index contributed by atoms with van der Waals surface area (Å²) in [6.07, 6.45) is 0. The van der Waals surface area contributed by atoms with E-state index in [2.05, 4.69) is 219 Å². The molecule has 0 spiro atoms. The molecule has 3 heteroatoms. The molecule has 0 radical (unpaired) electrons. The molecule has 3 nitrogen and oxygen atoms in total. The highest BCUT2D eigenvalue weighted by molar-refractivity contribution is 6.11. The Kier molecular flexibility index (Phi) is 7.25. The minimum atomic E-state index is -0.373. The minimum Gasteiger partial charge on any atom is -0.456 e. The van der Waals surface area contributed by atoms with Gasteiger partial charge in [0.15, 0.2) is 0 Å². The zero-order valence-electron chi connectivity index (χ0n) is 32.6. The van der Waals surface area contributed by atoms with Crippen molar-refractivity contribution in [1.82, 2.24) is 0 Å². The highest BCUT2D eigenvalue weighted by Gasteiger charge is 2.40. The molecule has 1 aliphatic carbocycles. The maximum atomic E-state index is 6.51. The first-order valence-electron chi connectivity index (χ1n) is 19.9. The van der Waals surface area contributed by atoms with Crippen molar-refractivity contribution in [2.75, 3.05) is 9.80 Å². The lowest BCUT2D eigenvalue weighted by Gasteiger charge is -2.43. The van der Waals surface area contributed by atoms with Crippen LogP contribution in [0.15, 0.2) is 186 Å². The molecule has 9 aromatic rings. The van der Waals surface area contributed by atoms with Crippen molar-refractivity contribution in [2.24, 2.45) is 0 Å². The average molecular weight is 735 g/mol. The van der Waals surface area contributed by atoms with Gasteiger partial charge in [-0.3, -0.25) is 0 Å². The summed E-state index contributed by atoms with van der Waals surface area (Å²) in [5.41, 5.74) is 18.5. The smallest absolute Gasteiger partial charge is 0.135 e. The summed E-state index contributed by atoms with van der Waals surface area (Å²) in [7, 11) is 0. The molecule has 0 saturated heterocycles. The minimum absolute atomic E-state index is 0.124. The summed E-state index contributed by atoms with van der Waals surface area (Å²) in [5, 5.41) is 2.32. The number of rotatable bonds is 5. The summed E-state index contributed by atoms with van der Waals surface area (Å²) in [6.45, 7) is 9.48. The number of furan rings is 1. The third kappa shape index (κ3) is 4.98. The van der Waals surface area contributed by atoms with Crippen LogP contribution in [-0.2, 0) is 10.8 Å². The second-order valence-corrected chi connectivity index (χ2v) is 16.6. The van der Waals surface area contributed by atoms with Gasteiger partial charge in [-0.25, -0.2) is 0 Å². The first kappa shape index (κ1) is 33.5. The van der Waals surface area contributed by atoms with Gasteiger partial charge in [-0.05, 0) is 117 Å². The Morgan fingerprint density at radius 2 is 1.04 bits per heavy atom. The Balaban J connectivity index is 1.14. The molecule has 11 rings (SSSR count). The summed E-state index contributed by atoms with van der Waals surface area (Å²) in [4.78, 5) is 4.88. The number of fused-ring (bicyclic) bond motifs is 9. The third-order valence-corrected chi connectivity index (χ3v) is 12.6. The molecule has 2 aliphatic rings. The molecular formula is C54H42N2O. The Morgan fingerprint density at radius 3 is 1.82 bits per heavy atom. The van der Waals surface area contributed by atoms with Crippen LogP contribution < -0.4 is 9.80 Å². The van der Waals surface area contributed by atoms with Crippen molar-refractivity contribution >= 4 is 56.1 Å². The summed E-state index contributed by atoms with van der Waals surface area (Å²) >= 11 is 0. The second-order valence-electron chi connectivity index (χ2n) is 16.6. The molecule has 0 saturated carbocycles. The maximum absolute atomic E-state index is 6.51. The van der Waals surface area contributed by atoms with Gasteiger partial charge in [0, 0.05) is 44.4 Å². The van der Waals surface area contributed by atoms with Crippen LogP contribution in [0.2, 0.25) is 0 Å². The number of benzene rings is 8. The number of anilines is 6. The molecule has 0 bridgehead atoms. The molecule has 0 N–H and O–H groups in total. The van der Waals surface area contributed by atoms with E-state index in [1.54, 1.807) is 0 Å². The highest BCUT2D eigenvalue weighted by Crippen LogP contribution is 2.57. The second kappa shape index (κ2) is 12.3. The predicted molar refractivity (Wildman–Crippen MR) is 238 cm³/mol. The summed E-state index contributed by atoms with van der Waals surface area (Å²) in [5.74, 6) is 0. The van der Waals surface area contributed by atoms with Gasteiger partial charge in [-0.1, -0.05) is 137 Å². The van der Waals surface area contributed by atoms with E-state index in [1.807, 2.05) is 0 Å². The fourth-order valence-electron chi connectivity index (χ4n) is 9.82. The van der Waals surface area contributed by atoms with Crippen molar-refractivity contribution in [3.05, 3.63) is 204 Å². The molecule has 57 heavy (non-hydrogen) atoms. The molecule has 0 fully saturated rings. The van der Waals surface area contributed by atoms with Crippen LogP contribution in [0.4, 0.5) is 34.1 Å². The Bertz CT molecular complexity index is 3010. The van der Waals surface area contributed by atoms with Crippen LogP contribution in [0.3, 0.4) is 0 Å². The Morgan fingerprint density at radius 1 is 0.439 bits per heavy atom. The third-order valence-electron chi connectivity index (χ3n) is 12.6. The zero-order valence-corrected chi connectivity index (χ0v) is 32.6. The molecule has 0 unspecified atom stereocenters. The lowest BCUT2D eigenvalue weighted by atomic mass is 9.71. The topological polar surface area (TPSA) is 19.6 Å². The molecule has 274 valence electrons. The van der Waals surface area contributed by atoms with Gasteiger partial charge in [0.2, 0.25) is 0 Å². The molecule has 8 aromatic carbocycles. The first-order chi connectivity index (χ1) is 27.8. The van der Waals surface area contributed by atoms with E-state index in [0.717, 1.165) is 39.3 Å². The molecule has 1 aliphatic heterocycles. The standard InChI is InChI=1S/C54H42N2O/c1-53(2)44-21-13-11-19-41(44)42-29-27-39(33-45(42)53)55(38-25-23-36(24-26-38)35-15-7-5-8-16-35)40-28-30-47-46(34-40)54(3,4)52-48(56(47)37-17-9-6-10-18-37)31-32-50-51(52)43-20-12-14-22-49(43)57-50/h5-34H,1-4H3. The van der Waals surface area contributed by atoms with Gasteiger partial charge < -0.3 is 14.2 Å². The normalized spacial score (nSPS) is 14.6. The van der Waals surface area contributed by atoms with Gasteiger partial charge in [-0.15, -0.1) is 0 Å². The quantitative estimate of drug-likeness (QED) is 0.176. The fourth-order valence-corrected chi connectivity index (χ4v) is 9.82. The van der Waals surface area contributed by atoms with Crippen molar-refractivity contribution in [3.63, 3.8) is 0 Å². The van der Waals surface area contributed by atoms with Crippen LogP contribution in [0.1, 0.15) is 49.9 Å². The highest BCUT2D eigenvalue weighted by atomic mass is 16.3. The number of para-hydroxylation sites is 2. The van der Waals surface area contributed by atoms with Gasteiger partial charge >= 0.3 is 0 Å². The van der Waals surface area contributed by atoms with E-state index in [4.69, 9.17) is 4.42 Å². The Hall–Kier alpha value is -6.84. The van der Waals surface area contributed by atoms with Crippen molar-refractivity contribution in [1.29, 1.82) is 0 Å². The Labute approximate surface area is 334 Å². The number of hydrogen-bond donors (Lipinski definition) is 0. The van der Waals surface area contributed by atoms with Crippen molar-refractivity contribution in [2.45, 2.75) is 38.5 Å². The average Bonchev–Trinajstić information content (AvgIpc) is 3.74. The van der Waals surface area contributed by atoms with Crippen molar-refractivity contribution < 1.29 is 4.42 Å². The van der Waals surface area contributed by atoms with Crippen LogP contribution in [0.5, 0.6) is 0 Å². The van der Waals surface area contributed by atoms with Gasteiger partial charge in [0.25, 0.3) is 0 Å². The maximum Gasteiger partial charge on any atom is 0.135 e. The van der Waals surface area contributed by atoms with E-state index in [0.29, 0.717) is 0 Å². The van der Waals surface area contributed by atoms with E-state index < -0.39 is 0 Å². The van der Waals surface area contributed by atoms with Crippen LogP contribution in [0.25, 0.3) is 44.2 Å².